The minimum atomic E-state index is 0.410. The number of hydrogen-bond acceptors (Lipinski definition) is 3. The molecule has 3 nitrogen and oxygen atoms in total. The predicted molar refractivity (Wildman–Crippen MR) is 73.4 cm³/mol. The average molecular weight is 242 g/mol. The zero-order valence-corrected chi connectivity index (χ0v) is 12.1. The third kappa shape index (κ3) is 6.39. The molecule has 1 aliphatic heterocycles. The van der Waals surface area contributed by atoms with Crippen molar-refractivity contribution < 1.29 is 4.74 Å². The molecule has 0 aromatic rings. The van der Waals surface area contributed by atoms with Gasteiger partial charge in [0.05, 0.1) is 12.7 Å². The zero-order chi connectivity index (χ0) is 12.7. The van der Waals surface area contributed by atoms with E-state index in [0.29, 0.717) is 6.10 Å². The fraction of sp³-hybridized carbons (Fsp3) is 1.00. The van der Waals surface area contributed by atoms with Gasteiger partial charge in [0.15, 0.2) is 0 Å². The Labute approximate surface area is 107 Å². The van der Waals surface area contributed by atoms with Gasteiger partial charge in [-0.3, -0.25) is 4.90 Å². The van der Waals surface area contributed by atoms with E-state index in [9.17, 15) is 0 Å². The van der Waals surface area contributed by atoms with Crippen LogP contribution in [0.4, 0.5) is 0 Å². The lowest BCUT2D eigenvalue weighted by Gasteiger charge is -2.34. The van der Waals surface area contributed by atoms with E-state index in [2.05, 4.69) is 37.6 Å². The van der Waals surface area contributed by atoms with E-state index in [-0.39, 0.29) is 0 Å². The second-order valence-electron chi connectivity index (χ2n) is 5.68. The molecule has 0 unspecified atom stereocenters. The molecule has 102 valence electrons. The standard InChI is InChI=1S/C14H30N2O/c1-5-15(4)11-14-12-16(9-10-17-14)8-6-7-13(2)3/h13-14H,5-12H2,1-4H3/t14-/m0/s1. The van der Waals surface area contributed by atoms with Crippen LogP contribution in [0.5, 0.6) is 0 Å². The van der Waals surface area contributed by atoms with E-state index in [4.69, 9.17) is 4.74 Å². The summed E-state index contributed by atoms with van der Waals surface area (Å²) in [6.07, 6.45) is 3.08. The summed E-state index contributed by atoms with van der Waals surface area (Å²) in [6.45, 7) is 13.4. The molecule has 0 radical (unpaired) electrons. The highest BCUT2D eigenvalue weighted by atomic mass is 16.5. The smallest absolute Gasteiger partial charge is 0.0829 e. The Morgan fingerprint density at radius 1 is 1.41 bits per heavy atom. The number of likely N-dealkylation sites (N-methyl/N-ethyl adjacent to an activating group) is 1. The summed E-state index contributed by atoms with van der Waals surface area (Å²) in [7, 11) is 2.17. The first-order chi connectivity index (χ1) is 8.11. The van der Waals surface area contributed by atoms with E-state index in [1.54, 1.807) is 0 Å². The summed E-state index contributed by atoms with van der Waals surface area (Å²) in [5.41, 5.74) is 0. The molecule has 0 aromatic carbocycles. The van der Waals surface area contributed by atoms with Gasteiger partial charge in [0.25, 0.3) is 0 Å². The van der Waals surface area contributed by atoms with E-state index in [1.165, 1.54) is 19.4 Å². The van der Waals surface area contributed by atoms with Crippen LogP contribution < -0.4 is 0 Å². The van der Waals surface area contributed by atoms with Gasteiger partial charge < -0.3 is 9.64 Å². The van der Waals surface area contributed by atoms with Gasteiger partial charge in [-0.2, -0.15) is 0 Å². The van der Waals surface area contributed by atoms with Crippen LogP contribution in [-0.4, -0.2) is 62.3 Å². The molecular formula is C14H30N2O. The molecule has 1 fully saturated rings. The normalized spacial score (nSPS) is 22.6. The molecule has 0 amide bonds. The van der Waals surface area contributed by atoms with E-state index in [1.807, 2.05) is 0 Å². The van der Waals surface area contributed by atoms with Crippen molar-refractivity contribution >= 4 is 0 Å². The zero-order valence-electron chi connectivity index (χ0n) is 12.1. The molecular weight excluding hydrogens is 212 g/mol. The maximum Gasteiger partial charge on any atom is 0.0829 e. The van der Waals surface area contributed by atoms with Crippen molar-refractivity contribution in [3.63, 3.8) is 0 Å². The highest BCUT2D eigenvalue weighted by Gasteiger charge is 2.20. The lowest BCUT2D eigenvalue weighted by Crippen LogP contribution is -2.47. The van der Waals surface area contributed by atoms with Gasteiger partial charge in [0.1, 0.15) is 0 Å². The van der Waals surface area contributed by atoms with Gasteiger partial charge in [0.2, 0.25) is 0 Å². The minimum absolute atomic E-state index is 0.410. The number of hydrogen-bond donors (Lipinski definition) is 0. The number of ether oxygens (including phenoxy) is 1. The van der Waals surface area contributed by atoms with Crippen LogP contribution in [0.25, 0.3) is 0 Å². The molecule has 0 aliphatic carbocycles. The summed E-state index contributed by atoms with van der Waals surface area (Å²) < 4.78 is 5.82. The second kappa shape index (κ2) is 8.06. The minimum Gasteiger partial charge on any atom is -0.374 e. The summed E-state index contributed by atoms with van der Waals surface area (Å²) in [5, 5.41) is 0. The summed E-state index contributed by atoms with van der Waals surface area (Å²) in [4.78, 5) is 4.91. The van der Waals surface area contributed by atoms with Crippen LogP contribution in [0.2, 0.25) is 0 Å². The maximum absolute atomic E-state index is 5.82. The Morgan fingerprint density at radius 2 is 2.18 bits per heavy atom. The van der Waals surface area contributed by atoms with Gasteiger partial charge in [-0.1, -0.05) is 20.8 Å². The Morgan fingerprint density at radius 3 is 2.82 bits per heavy atom. The van der Waals surface area contributed by atoms with Crippen molar-refractivity contribution in [2.24, 2.45) is 5.92 Å². The highest BCUT2D eigenvalue weighted by Crippen LogP contribution is 2.10. The van der Waals surface area contributed by atoms with Gasteiger partial charge in [-0.05, 0) is 38.9 Å². The quantitative estimate of drug-likeness (QED) is 0.680. The first kappa shape index (κ1) is 14.9. The topological polar surface area (TPSA) is 15.7 Å². The lowest BCUT2D eigenvalue weighted by atomic mass is 10.1. The van der Waals surface area contributed by atoms with E-state index >= 15 is 0 Å². The second-order valence-corrected chi connectivity index (χ2v) is 5.68. The van der Waals surface area contributed by atoms with E-state index < -0.39 is 0 Å². The monoisotopic (exact) mass is 242 g/mol. The van der Waals surface area contributed by atoms with Crippen molar-refractivity contribution in [1.29, 1.82) is 0 Å². The largest absolute Gasteiger partial charge is 0.374 e. The summed E-state index contributed by atoms with van der Waals surface area (Å²) in [6, 6.07) is 0. The first-order valence-electron chi connectivity index (χ1n) is 7.14. The maximum atomic E-state index is 5.82. The van der Waals surface area contributed by atoms with Crippen LogP contribution in [0.3, 0.4) is 0 Å². The molecule has 0 aromatic heterocycles. The molecule has 1 saturated heterocycles. The van der Waals surface area contributed by atoms with Crippen molar-refractivity contribution in [3.8, 4) is 0 Å². The van der Waals surface area contributed by atoms with Crippen LogP contribution in [-0.2, 0) is 4.74 Å². The highest BCUT2D eigenvalue weighted by molar-refractivity contribution is 4.73. The van der Waals surface area contributed by atoms with Crippen LogP contribution in [0.15, 0.2) is 0 Å². The Bertz CT molecular complexity index is 197. The Balaban J connectivity index is 2.19. The number of rotatable bonds is 7. The average Bonchev–Trinajstić information content (AvgIpc) is 2.29. The summed E-state index contributed by atoms with van der Waals surface area (Å²) in [5.74, 6) is 0.832. The van der Waals surface area contributed by atoms with Gasteiger partial charge in [0, 0.05) is 19.6 Å². The SMILES string of the molecule is CCN(C)C[C@H]1CN(CCCC(C)C)CCO1. The molecule has 1 rings (SSSR count). The van der Waals surface area contributed by atoms with Gasteiger partial charge in [-0.25, -0.2) is 0 Å². The molecule has 0 spiro atoms. The summed E-state index contributed by atoms with van der Waals surface area (Å²) >= 11 is 0. The fourth-order valence-corrected chi connectivity index (χ4v) is 2.29. The molecule has 1 aliphatic rings. The lowest BCUT2D eigenvalue weighted by molar-refractivity contribution is -0.0404. The molecule has 0 N–H and O–H groups in total. The van der Waals surface area contributed by atoms with Crippen LogP contribution in [0, 0.1) is 5.92 Å². The van der Waals surface area contributed by atoms with Crippen molar-refractivity contribution in [3.05, 3.63) is 0 Å². The molecule has 1 heterocycles. The van der Waals surface area contributed by atoms with E-state index in [0.717, 1.165) is 38.7 Å². The first-order valence-corrected chi connectivity index (χ1v) is 7.14. The molecule has 1 atom stereocenters. The molecule has 0 bridgehead atoms. The predicted octanol–water partition coefficient (Wildman–Crippen LogP) is 2.08. The molecule has 3 heteroatoms. The van der Waals surface area contributed by atoms with Crippen LogP contribution in [0.1, 0.15) is 33.6 Å². The van der Waals surface area contributed by atoms with Gasteiger partial charge in [-0.15, -0.1) is 0 Å². The fourth-order valence-electron chi connectivity index (χ4n) is 2.29. The van der Waals surface area contributed by atoms with Crippen molar-refractivity contribution in [1.82, 2.24) is 9.80 Å². The Hall–Kier alpha value is -0.120. The third-order valence-corrected chi connectivity index (χ3v) is 3.53. The number of morpholine rings is 1. The molecule has 0 saturated carbocycles. The van der Waals surface area contributed by atoms with Crippen molar-refractivity contribution in [2.45, 2.75) is 39.7 Å². The number of nitrogens with zero attached hydrogens (tertiary/aromatic N) is 2. The van der Waals surface area contributed by atoms with Gasteiger partial charge >= 0.3 is 0 Å². The van der Waals surface area contributed by atoms with Crippen molar-refractivity contribution in [2.75, 3.05) is 46.4 Å². The Kier molecular flexibility index (Phi) is 7.09. The third-order valence-electron chi connectivity index (χ3n) is 3.53. The van der Waals surface area contributed by atoms with Crippen LogP contribution >= 0.6 is 0 Å². The molecule has 17 heavy (non-hydrogen) atoms.